The molecular weight excluding hydrogens is 316 g/mol. The second-order valence-corrected chi connectivity index (χ2v) is 6.63. The summed E-state index contributed by atoms with van der Waals surface area (Å²) in [6, 6.07) is 10.1. The topological polar surface area (TPSA) is 71.2 Å². The summed E-state index contributed by atoms with van der Waals surface area (Å²) in [7, 11) is 0. The summed E-state index contributed by atoms with van der Waals surface area (Å²) in [5.41, 5.74) is 2.08. The van der Waals surface area contributed by atoms with Crippen LogP contribution in [0.15, 0.2) is 48.9 Å². The first-order valence-corrected chi connectivity index (χ1v) is 8.44. The lowest BCUT2D eigenvalue weighted by Gasteiger charge is -2.40. The van der Waals surface area contributed by atoms with Crippen molar-refractivity contribution >= 4 is 22.6 Å². The Balaban J connectivity index is 1.65. The Morgan fingerprint density at radius 3 is 2.64 bits per heavy atom. The SMILES string of the molecule is Cc1cnn(C2(C(=O)O)CCN(c3ccnc4ccccc34)CC2)c1. The van der Waals surface area contributed by atoms with Crippen LogP contribution in [0, 0.1) is 6.92 Å². The maximum Gasteiger partial charge on any atom is 0.331 e. The molecule has 6 heteroatoms. The van der Waals surface area contributed by atoms with E-state index in [1.165, 1.54) is 0 Å². The van der Waals surface area contributed by atoms with E-state index in [1.54, 1.807) is 10.9 Å². The Labute approximate surface area is 145 Å². The van der Waals surface area contributed by atoms with Crippen LogP contribution in [-0.4, -0.2) is 38.9 Å². The maximum absolute atomic E-state index is 12.1. The van der Waals surface area contributed by atoms with Crippen molar-refractivity contribution in [2.45, 2.75) is 25.3 Å². The molecule has 1 saturated heterocycles. The molecule has 4 rings (SSSR count). The van der Waals surface area contributed by atoms with E-state index < -0.39 is 11.5 Å². The van der Waals surface area contributed by atoms with E-state index in [-0.39, 0.29) is 0 Å². The molecular formula is C19H20N4O2. The molecule has 1 aromatic carbocycles. The Bertz CT molecular complexity index is 921. The van der Waals surface area contributed by atoms with Crippen LogP contribution in [0.3, 0.4) is 0 Å². The third-order valence-corrected chi connectivity index (χ3v) is 5.11. The van der Waals surface area contributed by atoms with E-state index in [1.807, 2.05) is 43.6 Å². The van der Waals surface area contributed by atoms with Gasteiger partial charge in [-0.05, 0) is 24.6 Å². The van der Waals surface area contributed by atoms with Crippen LogP contribution < -0.4 is 4.90 Å². The zero-order valence-corrected chi connectivity index (χ0v) is 14.1. The number of anilines is 1. The number of piperidine rings is 1. The van der Waals surface area contributed by atoms with Crippen LogP contribution in [0.25, 0.3) is 10.9 Å². The van der Waals surface area contributed by atoms with Crippen LogP contribution in [-0.2, 0) is 10.3 Å². The predicted molar refractivity (Wildman–Crippen MR) is 95.8 cm³/mol. The highest BCUT2D eigenvalue weighted by atomic mass is 16.4. The summed E-state index contributed by atoms with van der Waals surface area (Å²) in [5.74, 6) is -0.810. The summed E-state index contributed by atoms with van der Waals surface area (Å²) in [6.45, 7) is 3.26. The van der Waals surface area contributed by atoms with E-state index in [0.29, 0.717) is 25.9 Å². The molecule has 1 aliphatic heterocycles. The van der Waals surface area contributed by atoms with Gasteiger partial charge in [-0.3, -0.25) is 9.67 Å². The fourth-order valence-electron chi connectivity index (χ4n) is 3.66. The molecule has 0 spiro atoms. The molecule has 6 nitrogen and oxygen atoms in total. The smallest absolute Gasteiger partial charge is 0.331 e. The van der Waals surface area contributed by atoms with Gasteiger partial charge in [0, 0.05) is 49.4 Å². The number of carbonyl (C=O) groups is 1. The molecule has 128 valence electrons. The molecule has 0 saturated carbocycles. The van der Waals surface area contributed by atoms with E-state index in [9.17, 15) is 9.90 Å². The average molecular weight is 336 g/mol. The van der Waals surface area contributed by atoms with Crippen LogP contribution in [0.4, 0.5) is 5.69 Å². The number of fused-ring (bicyclic) bond motifs is 1. The Hall–Kier alpha value is -2.89. The van der Waals surface area contributed by atoms with Crippen molar-refractivity contribution in [1.82, 2.24) is 14.8 Å². The molecule has 0 radical (unpaired) electrons. The number of aromatic nitrogens is 3. The van der Waals surface area contributed by atoms with Gasteiger partial charge < -0.3 is 10.0 Å². The highest BCUT2D eigenvalue weighted by molar-refractivity contribution is 5.91. The lowest BCUT2D eigenvalue weighted by Crippen LogP contribution is -2.51. The van der Waals surface area contributed by atoms with Crippen molar-refractivity contribution in [3.05, 3.63) is 54.5 Å². The second-order valence-electron chi connectivity index (χ2n) is 6.63. The number of nitrogens with zero attached hydrogens (tertiary/aromatic N) is 4. The molecule has 0 aliphatic carbocycles. The number of aliphatic carboxylic acids is 1. The van der Waals surface area contributed by atoms with Gasteiger partial charge in [0.1, 0.15) is 0 Å². The molecule has 1 fully saturated rings. The minimum atomic E-state index is -0.965. The summed E-state index contributed by atoms with van der Waals surface area (Å²) in [4.78, 5) is 18.7. The van der Waals surface area contributed by atoms with Gasteiger partial charge in [0.15, 0.2) is 5.54 Å². The van der Waals surface area contributed by atoms with Gasteiger partial charge in [-0.25, -0.2) is 4.79 Å². The number of carboxylic acids is 1. The lowest BCUT2D eigenvalue weighted by molar-refractivity contribution is -0.149. The zero-order valence-electron chi connectivity index (χ0n) is 14.1. The van der Waals surface area contributed by atoms with Gasteiger partial charge >= 0.3 is 5.97 Å². The van der Waals surface area contributed by atoms with Gasteiger partial charge in [-0.2, -0.15) is 5.10 Å². The molecule has 25 heavy (non-hydrogen) atoms. The number of benzene rings is 1. The van der Waals surface area contributed by atoms with Gasteiger partial charge in [-0.1, -0.05) is 18.2 Å². The van der Waals surface area contributed by atoms with Crippen LogP contribution >= 0.6 is 0 Å². The van der Waals surface area contributed by atoms with Gasteiger partial charge in [0.2, 0.25) is 0 Å². The quantitative estimate of drug-likeness (QED) is 0.796. The van der Waals surface area contributed by atoms with Crippen molar-refractivity contribution in [2.75, 3.05) is 18.0 Å². The standard InChI is InChI=1S/C19H20N4O2/c1-14-12-21-23(13-14)19(18(24)25)7-10-22(11-8-19)17-6-9-20-16-5-3-2-4-15(16)17/h2-6,9,12-13H,7-8,10-11H2,1H3,(H,24,25). The Morgan fingerprint density at radius 1 is 1.20 bits per heavy atom. The van der Waals surface area contributed by atoms with Crippen molar-refractivity contribution in [2.24, 2.45) is 0 Å². The molecule has 1 aliphatic rings. The summed E-state index contributed by atoms with van der Waals surface area (Å²) >= 11 is 0. The molecule has 3 heterocycles. The number of hydrogen-bond acceptors (Lipinski definition) is 4. The van der Waals surface area contributed by atoms with Gasteiger partial charge in [0.05, 0.1) is 11.7 Å². The maximum atomic E-state index is 12.1. The van der Waals surface area contributed by atoms with E-state index in [0.717, 1.165) is 22.2 Å². The molecule has 0 atom stereocenters. The second kappa shape index (κ2) is 5.88. The Kier molecular flexibility index (Phi) is 3.67. The zero-order chi connectivity index (χ0) is 17.4. The molecule has 3 aromatic rings. The Morgan fingerprint density at radius 2 is 1.96 bits per heavy atom. The summed E-state index contributed by atoms with van der Waals surface area (Å²) in [5, 5.41) is 15.3. The largest absolute Gasteiger partial charge is 0.479 e. The number of rotatable bonds is 3. The number of aryl methyl sites for hydroxylation is 1. The highest BCUT2D eigenvalue weighted by Gasteiger charge is 2.44. The molecule has 0 bridgehead atoms. The number of para-hydroxylation sites is 1. The first kappa shape index (κ1) is 15.6. The monoisotopic (exact) mass is 336 g/mol. The number of hydrogen-bond donors (Lipinski definition) is 1. The van der Waals surface area contributed by atoms with Crippen LogP contribution in [0.5, 0.6) is 0 Å². The van der Waals surface area contributed by atoms with Crippen molar-refractivity contribution < 1.29 is 9.90 Å². The summed E-state index contributed by atoms with van der Waals surface area (Å²) < 4.78 is 1.63. The highest BCUT2D eigenvalue weighted by Crippen LogP contribution is 2.34. The fraction of sp³-hybridized carbons (Fsp3) is 0.316. The van der Waals surface area contributed by atoms with E-state index >= 15 is 0 Å². The first-order valence-electron chi connectivity index (χ1n) is 8.44. The molecule has 0 unspecified atom stereocenters. The van der Waals surface area contributed by atoms with Crippen LogP contribution in [0.1, 0.15) is 18.4 Å². The van der Waals surface area contributed by atoms with Crippen LogP contribution in [0.2, 0.25) is 0 Å². The normalized spacial score (nSPS) is 16.9. The fourth-order valence-corrected chi connectivity index (χ4v) is 3.66. The van der Waals surface area contributed by atoms with Crippen molar-refractivity contribution in [3.63, 3.8) is 0 Å². The first-order chi connectivity index (χ1) is 12.1. The number of carboxylic acid groups (broad SMARTS) is 1. The predicted octanol–water partition coefficient (Wildman–Crippen LogP) is 2.82. The van der Waals surface area contributed by atoms with Gasteiger partial charge in [-0.15, -0.1) is 0 Å². The third kappa shape index (κ3) is 2.54. The lowest BCUT2D eigenvalue weighted by atomic mass is 9.87. The molecule has 0 amide bonds. The van der Waals surface area contributed by atoms with Crippen molar-refractivity contribution in [1.29, 1.82) is 0 Å². The molecule has 2 aromatic heterocycles. The third-order valence-electron chi connectivity index (χ3n) is 5.11. The number of pyridine rings is 1. The summed E-state index contributed by atoms with van der Waals surface area (Å²) in [6.07, 6.45) is 6.38. The van der Waals surface area contributed by atoms with E-state index in [2.05, 4.69) is 21.0 Å². The molecule has 1 N–H and O–H groups in total. The van der Waals surface area contributed by atoms with Gasteiger partial charge in [0.25, 0.3) is 0 Å². The van der Waals surface area contributed by atoms with Crippen molar-refractivity contribution in [3.8, 4) is 0 Å². The van der Waals surface area contributed by atoms with E-state index in [4.69, 9.17) is 0 Å². The average Bonchev–Trinajstić information content (AvgIpc) is 3.08. The minimum Gasteiger partial charge on any atom is -0.479 e. The minimum absolute atomic E-state index is 0.514.